The smallest absolute Gasteiger partial charge is 0.122 e. The van der Waals surface area contributed by atoms with Crippen LogP contribution < -0.4 is 9.47 Å². The van der Waals surface area contributed by atoms with Crippen LogP contribution in [0.2, 0.25) is 0 Å². The molecule has 0 bridgehead atoms. The maximum absolute atomic E-state index is 10.1. The third-order valence-electron chi connectivity index (χ3n) is 8.85. The molecule has 2 aromatic heterocycles. The van der Waals surface area contributed by atoms with Crippen molar-refractivity contribution in [2.45, 2.75) is 51.7 Å². The van der Waals surface area contributed by atoms with Crippen LogP contribution in [-0.2, 0) is 12.8 Å². The molecule has 0 fully saturated rings. The maximum atomic E-state index is 10.1. The first kappa shape index (κ1) is 38.9. The Morgan fingerprint density at radius 3 is 1.42 bits per heavy atom. The summed E-state index contributed by atoms with van der Waals surface area (Å²) < 4.78 is 12.6. The Balaban J connectivity index is 1.30. The Morgan fingerprint density at radius 1 is 0.600 bits per heavy atom. The number of hydrogen-bond donors (Lipinski definition) is 4. The molecule has 0 saturated carbocycles. The van der Waals surface area contributed by atoms with Crippen molar-refractivity contribution in [1.82, 2.24) is 19.8 Å². The van der Waals surface area contributed by atoms with Crippen molar-refractivity contribution in [3.8, 4) is 22.6 Å². The second-order valence-electron chi connectivity index (χ2n) is 12.8. The van der Waals surface area contributed by atoms with Crippen LogP contribution in [0.5, 0.6) is 11.5 Å². The van der Waals surface area contributed by atoms with E-state index in [1.54, 1.807) is 12.4 Å². The lowest BCUT2D eigenvalue weighted by atomic mass is 9.95. The van der Waals surface area contributed by atoms with Gasteiger partial charge < -0.3 is 39.7 Å². The number of benzene rings is 2. The van der Waals surface area contributed by atoms with Gasteiger partial charge in [-0.1, -0.05) is 36.4 Å². The van der Waals surface area contributed by atoms with Gasteiger partial charge in [-0.25, -0.2) is 0 Å². The summed E-state index contributed by atoms with van der Waals surface area (Å²) in [7, 11) is 0. The fourth-order valence-electron chi connectivity index (χ4n) is 6.03. The van der Waals surface area contributed by atoms with Crippen LogP contribution in [0, 0.1) is 13.8 Å². The van der Waals surface area contributed by atoms with Crippen LogP contribution in [0.15, 0.2) is 85.5 Å². The summed E-state index contributed by atoms with van der Waals surface area (Å²) in [5.41, 5.74) is 6.58. The van der Waals surface area contributed by atoms with E-state index in [4.69, 9.17) is 9.47 Å². The molecule has 2 aromatic carbocycles. The Kier molecular flexibility index (Phi) is 16.6. The quantitative estimate of drug-likeness (QED) is 0.0847. The molecular weight excluding hydrogens is 632 g/mol. The van der Waals surface area contributed by atoms with Gasteiger partial charge in [-0.15, -0.1) is 0 Å². The van der Waals surface area contributed by atoms with E-state index >= 15 is 0 Å². The highest BCUT2D eigenvalue weighted by molar-refractivity contribution is 5.74. The van der Waals surface area contributed by atoms with Gasteiger partial charge in [0.1, 0.15) is 11.5 Å². The molecule has 0 unspecified atom stereocenters. The SMILES string of the molecule is Cc1c(OCCCN(CCc2cccnc2)C[C@H](O)CO)cccc1-c1cccc(OCCCN(CCc2cccnc2)C[C@H](O)CO)c1C. The molecule has 0 amide bonds. The number of aliphatic hydroxyl groups is 4. The molecule has 0 radical (unpaired) electrons. The van der Waals surface area contributed by atoms with Crippen LogP contribution in [0.1, 0.15) is 35.1 Å². The van der Waals surface area contributed by atoms with Gasteiger partial charge in [0, 0.05) is 64.1 Å². The van der Waals surface area contributed by atoms with E-state index in [2.05, 4.69) is 45.7 Å². The van der Waals surface area contributed by atoms with Crippen molar-refractivity contribution >= 4 is 0 Å². The lowest BCUT2D eigenvalue weighted by Gasteiger charge is -2.24. The van der Waals surface area contributed by atoms with Crippen molar-refractivity contribution in [2.75, 3.05) is 65.7 Å². The first-order chi connectivity index (χ1) is 24.4. The lowest BCUT2D eigenvalue weighted by molar-refractivity contribution is 0.0578. The van der Waals surface area contributed by atoms with Gasteiger partial charge in [-0.3, -0.25) is 9.97 Å². The van der Waals surface area contributed by atoms with Crippen molar-refractivity contribution in [2.24, 2.45) is 0 Å². The molecule has 50 heavy (non-hydrogen) atoms. The summed E-state index contributed by atoms with van der Waals surface area (Å²) in [5, 5.41) is 39.0. The molecule has 2 heterocycles. The van der Waals surface area contributed by atoms with Gasteiger partial charge >= 0.3 is 0 Å². The first-order valence-corrected chi connectivity index (χ1v) is 17.6. The van der Waals surface area contributed by atoms with Crippen molar-refractivity contribution < 1.29 is 29.9 Å². The van der Waals surface area contributed by atoms with Crippen LogP contribution in [0.3, 0.4) is 0 Å². The van der Waals surface area contributed by atoms with Crippen LogP contribution in [-0.4, -0.2) is 118 Å². The summed E-state index contributed by atoms with van der Waals surface area (Å²) >= 11 is 0. The molecule has 10 heteroatoms. The second-order valence-corrected chi connectivity index (χ2v) is 12.8. The number of aromatic nitrogens is 2. The average Bonchev–Trinajstić information content (AvgIpc) is 3.14. The number of ether oxygens (including phenoxy) is 2. The molecule has 4 aromatic rings. The second kappa shape index (κ2) is 21.3. The van der Waals surface area contributed by atoms with Gasteiger partial charge in [-0.2, -0.15) is 0 Å². The minimum absolute atomic E-state index is 0.264. The third-order valence-corrected chi connectivity index (χ3v) is 8.85. The summed E-state index contributed by atoms with van der Waals surface area (Å²) in [6.45, 7) is 8.47. The van der Waals surface area contributed by atoms with Gasteiger partial charge in [0.05, 0.1) is 38.6 Å². The largest absolute Gasteiger partial charge is 0.493 e. The minimum Gasteiger partial charge on any atom is -0.493 e. The van der Waals surface area contributed by atoms with E-state index < -0.39 is 12.2 Å². The Labute approximate surface area is 297 Å². The fourth-order valence-corrected chi connectivity index (χ4v) is 6.03. The molecule has 0 aliphatic heterocycles. The normalized spacial score (nSPS) is 12.7. The van der Waals surface area contributed by atoms with Crippen molar-refractivity contribution in [1.29, 1.82) is 0 Å². The van der Waals surface area contributed by atoms with Gasteiger partial charge in [0.25, 0.3) is 0 Å². The number of rotatable bonds is 23. The topological polar surface area (TPSA) is 132 Å². The first-order valence-electron chi connectivity index (χ1n) is 17.6. The van der Waals surface area contributed by atoms with E-state index in [0.717, 1.165) is 96.7 Å². The summed E-state index contributed by atoms with van der Waals surface area (Å²) in [6.07, 6.45) is 8.86. The monoisotopic (exact) mass is 686 g/mol. The summed E-state index contributed by atoms with van der Waals surface area (Å²) in [6, 6.07) is 20.2. The predicted octanol–water partition coefficient (Wildman–Crippen LogP) is 4.09. The molecule has 10 nitrogen and oxygen atoms in total. The molecule has 0 spiro atoms. The standard InChI is InChI=1S/C40H54N4O6/c1-31-37(11-3-13-39(31)49-23-7-19-43(27-35(47)29-45)21-15-33-9-5-17-41-25-33)38-12-4-14-40(32(38)2)50-24-8-20-44(28-36(48)30-46)22-16-34-10-6-18-42-26-34/h3-6,9-14,17-18,25-26,35-36,45-48H,7-8,15-16,19-24,27-30H2,1-2H3/t35-,36-/m0/s1. The van der Waals surface area contributed by atoms with Crippen molar-refractivity contribution in [3.05, 3.63) is 108 Å². The van der Waals surface area contributed by atoms with E-state index in [9.17, 15) is 20.4 Å². The number of hydrogen-bond acceptors (Lipinski definition) is 10. The highest BCUT2D eigenvalue weighted by Gasteiger charge is 2.15. The molecule has 4 N–H and O–H groups in total. The molecule has 2 atom stereocenters. The predicted molar refractivity (Wildman–Crippen MR) is 197 cm³/mol. The van der Waals surface area contributed by atoms with Crippen LogP contribution >= 0.6 is 0 Å². The van der Waals surface area contributed by atoms with E-state index in [0.29, 0.717) is 26.3 Å². The minimum atomic E-state index is -0.782. The van der Waals surface area contributed by atoms with E-state index in [-0.39, 0.29) is 13.2 Å². The zero-order chi connectivity index (χ0) is 35.6. The van der Waals surface area contributed by atoms with Crippen LogP contribution in [0.4, 0.5) is 0 Å². The third kappa shape index (κ3) is 12.8. The molecule has 4 rings (SSSR count). The average molecular weight is 687 g/mol. The highest BCUT2D eigenvalue weighted by atomic mass is 16.5. The van der Waals surface area contributed by atoms with E-state index in [1.807, 2.05) is 60.9 Å². The van der Waals surface area contributed by atoms with E-state index in [1.165, 1.54) is 0 Å². The molecule has 0 aliphatic carbocycles. The van der Waals surface area contributed by atoms with Gasteiger partial charge in [0.2, 0.25) is 0 Å². The maximum Gasteiger partial charge on any atom is 0.122 e. The van der Waals surface area contributed by atoms with Gasteiger partial charge in [0.15, 0.2) is 0 Å². The number of pyridine rings is 2. The fraction of sp³-hybridized carbons (Fsp3) is 0.450. The molecule has 0 saturated heterocycles. The Bertz CT molecular complexity index is 1410. The number of nitrogens with zero attached hydrogens (tertiary/aromatic N) is 4. The van der Waals surface area contributed by atoms with Crippen LogP contribution in [0.25, 0.3) is 11.1 Å². The zero-order valence-electron chi connectivity index (χ0n) is 29.5. The van der Waals surface area contributed by atoms with Gasteiger partial charge in [-0.05, 0) is 97.2 Å². The Hall–Kier alpha value is -3.90. The summed E-state index contributed by atoms with van der Waals surface area (Å²) in [4.78, 5) is 12.7. The molecule has 0 aliphatic rings. The molecular formula is C40H54N4O6. The lowest BCUT2D eigenvalue weighted by Crippen LogP contribution is -2.37. The molecule has 270 valence electrons. The summed E-state index contributed by atoms with van der Waals surface area (Å²) in [5.74, 6) is 1.67. The Morgan fingerprint density at radius 2 is 1.04 bits per heavy atom. The highest BCUT2D eigenvalue weighted by Crippen LogP contribution is 2.35. The van der Waals surface area contributed by atoms with Crippen molar-refractivity contribution in [3.63, 3.8) is 0 Å². The number of aliphatic hydroxyl groups excluding tert-OH is 4. The zero-order valence-corrected chi connectivity index (χ0v) is 29.5.